The summed E-state index contributed by atoms with van der Waals surface area (Å²) in [4.78, 5) is 47.9. The van der Waals surface area contributed by atoms with Gasteiger partial charge in [0.2, 0.25) is 5.91 Å². The number of pyridine rings is 1. The number of amides is 1. The quantitative estimate of drug-likeness (QED) is 0.365. The highest BCUT2D eigenvalue weighted by molar-refractivity contribution is 7.17. The molecule has 0 aromatic carbocycles. The Hall–Kier alpha value is -3.31. The fourth-order valence-corrected chi connectivity index (χ4v) is 4.20. The maximum absolute atomic E-state index is 12.3. The molecular weight excluding hydrogens is 426 g/mol. The summed E-state index contributed by atoms with van der Waals surface area (Å²) >= 11 is 1.49. The zero-order valence-electron chi connectivity index (χ0n) is 16.8. The number of carbonyl (C=O) groups excluding carboxylic acids is 2. The van der Waals surface area contributed by atoms with Crippen LogP contribution in [0.5, 0.6) is 0 Å². The molecule has 1 amide bonds. The molecule has 166 valence electrons. The number of carbonyl (C=O) groups is 4. The Morgan fingerprint density at radius 3 is 2.55 bits per heavy atom. The number of carboxylic acids is 2. The van der Waals surface area contributed by atoms with Crippen LogP contribution in [-0.2, 0) is 38.5 Å². The third-order valence-electron chi connectivity index (χ3n) is 4.17. The third-order valence-corrected chi connectivity index (χ3v) is 5.38. The molecule has 2 aromatic rings. The number of hydrogen-bond donors (Lipinski definition) is 4. The van der Waals surface area contributed by atoms with Crippen LogP contribution in [0.4, 0.5) is 5.00 Å². The topological polar surface area (TPSA) is 155 Å². The number of aromatic nitrogens is 1. The van der Waals surface area contributed by atoms with Crippen molar-refractivity contribution in [2.24, 2.45) is 0 Å². The lowest BCUT2D eigenvalue weighted by Gasteiger charge is -2.08. The van der Waals surface area contributed by atoms with Crippen LogP contribution in [0.1, 0.15) is 39.7 Å². The number of aryl methyl sites for hydroxylation is 1. The van der Waals surface area contributed by atoms with Crippen molar-refractivity contribution in [3.05, 3.63) is 46.1 Å². The van der Waals surface area contributed by atoms with Crippen molar-refractivity contribution in [3.63, 3.8) is 0 Å². The van der Waals surface area contributed by atoms with E-state index in [9.17, 15) is 9.59 Å². The number of hydrogen-bond acceptors (Lipinski definition) is 8. The first-order chi connectivity index (χ1) is 14.8. The summed E-state index contributed by atoms with van der Waals surface area (Å²) in [6.07, 6.45) is 6.35. The molecule has 0 atom stereocenters. The molecule has 1 aliphatic carbocycles. The van der Waals surface area contributed by atoms with Crippen LogP contribution in [-0.4, -0.2) is 52.2 Å². The summed E-state index contributed by atoms with van der Waals surface area (Å²) in [6.45, 7) is 2.83. The van der Waals surface area contributed by atoms with Gasteiger partial charge < -0.3 is 25.6 Å². The molecule has 0 fully saturated rings. The van der Waals surface area contributed by atoms with E-state index < -0.39 is 11.9 Å². The molecule has 2 aromatic heterocycles. The van der Waals surface area contributed by atoms with E-state index in [-0.39, 0.29) is 18.4 Å². The smallest absolute Gasteiger partial charge is 0.414 e. The van der Waals surface area contributed by atoms with E-state index in [1.807, 2.05) is 12.1 Å². The van der Waals surface area contributed by atoms with Gasteiger partial charge in [0.1, 0.15) is 5.00 Å². The van der Waals surface area contributed by atoms with E-state index in [2.05, 4.69) is 15.6 Å². The molecule has 0 spiro atoms. The molecule has 0 aliphatic heterocycles. The van der Waals surface area contributed by atoms with Crippen molar-refractivity contribution < 1.29 is 34.1 Å². The van der Waals surface area contributed by atoms with Crippen LogP contribution in [0.15, 0.2) is 24.5 Å². The first-order valence-corrected chi connectivity index (χ1v) is 10.3. The van der Waals surface area contributed by atoms with Crippen LogP contribution >= 0.6 is 11.3 Å². The van der Waals surface area contributed by atoms with Gasteiger partial charge in [-0.05, 0) is 43.4 Å². The Balaban J connectivity index is 0.000000501. The largest absolute Gasteiger partial charge is 0.473 e. The van der Waals surface area contributed by atoms with Gasteiger partial charge in [-0.3, -0.25) is 9.78 Å². The Morgan fingerprint density at radius 1 is 1.19 bits per heavy atom. The second kappa shape index (κ2) is 11.8. The highest BCUT2D eigenvalue weighted by Gasteiger charge is 2.28. The zero-order chi connectivity index (χ0) is 22.8. The maximum Gasteiger partial charge on any atom is 0.414 e. The van der Waals surface area contributed by atoms with E-state index in [0.717, 1.165) is 30.4 Å². The number of nitrogens with zero attached hydrogens (tertiary/aromatic N) is 1. The summed E-state index contributed by atoms with van der Waals surface area (Å²) < 4.78 is 5.17. The fraction of sp³-hybridized carbons (Fsp3) is 0.350. The first kappa shape index (κ1) is 24.0. The van der Waals surface area contributed by atoms with Gasteiger partial charge in [-0.15, -0.1) is 11.3 Å². The SMILES string of the molecule is CCOC(=O)c1c(NC(=O)CNCc2cccnc2)sc2c1CCC2.O=C(O)C(=O)O. The first-order valence-electron chi connectivity index (χ1n) is 9.50. The van der Waals surface area contributed by atoms with Gasteiger partial charge in [-0.2, -0.15) is 0 Å². The van der Waals surface area contributed by atoms with Gasteiger partial charge >= 0.3 is 17.9 Å². The Morgan fingerprint density at radius 2 is 1.94 bits per heavy atom. The number of ether oxygens (including phenoxy) is 1. The number of carboxylic acid groups (broad SMARTS) is 2. The van der Waals surface area contributed by atoms with E-state index >= 15 is 0 Å². The van der Waals surface area contributed by atoms with Crippen molar-refractivity contribution in [2.75, 3.05) is 18.5 Å². The number of nitrogens with one attached hydrogen (secondary N) is 2. The van der Waals surface area contributed by atoms with E-state index in [1.54, 1.807) is 19.3 Å². The molecular formula is C20H23N3O7S. The lowest BCUT2D eigenvalue weighted by Crippen LogP contribution is -2.28. The summed E-state index contributed by atoms with van der Waals surface area (Å²) in [7, 11) is 0. The molecule has 31 heavy (non-hydrogen) atoms. The van der Waals surface area contributed by atoms with Gasteiger partial charge in [0, 0.05) is 23.8 Å². The molecule has 10 nitrogen and oxygen atoms in total. The van der Waals surface area contributed by atoms with Crippen LogP contribution in [0.3, 0.4) is 0 Å². The van der Waals surface area contributed by atoms with Crippen molar-refractivity contribution in [3.8, 4) is 0 Å². The number of aliphatic carboxylic acids is 2. The lowest BCUT2D eigenvalue weighted by molar-refractivity contribution is -0.159. The van der Waals surface area contributed by atoms with Gasteiger partial charge in [-0.1, -0.05) is 6.07 Å². The molecule has 0 unspecified atom stereocenters. The monoisotopic (exact) mass is 449 g/mol. The Kier molecular flexibility index (Phi) is 9.10. The average Bonchev–Trinajstić information content (AvgIpc) is 3.30. The molecule has 0 saturated carbocycles. The van der Waals surface area contributed by atoms with Gasteiger partial charge in [-0.25, -0.2) is 14.4 Å². The van der Waals surface area contributed by atoms with E-state index in [0.29, 0.717) is 23.7 Å². The molecule has 0 saturated heterocycles. The number of anilines is 1. The van der Waals surface area contributed by atoms with Crippen molar-refractivity contribution in [1.82, 2.24) is 10.3 Å². The maximum atomic E-state index is 12.3. The summed E-state index contributed by atoms with van der Waals surface area (Å²) in [5, 5.41) is 21.3. The normalized spacial score (nSPS) is 11.6. The summed E-state index contributed by atoms with van der Waals surface area (Å²) in [5.41, 5.74) is 2.60. The summed E-state index contributed by atoms with van der Waals surface area (Å²) in [5.74, 6) is -4.17. The predicted molar refractivity (Wildman–Crippen MR) is 112 cm³/mol. The number of rotatable bonds is 7. The molecule has 2 heterocycles. The zero-order valence-corrected chi connectivity index (χ0v) is 17.7. The molecule has 0 radical (unpaired) electrons. The number of esters is 1. The molecule has 1 aliphatic rings. The molecule has 0 bridgehead atoms. The fourth-order valence-electron chi connectivity index (χ4n) is 2.91. The van der Waals surface area contributed by atoms with E-state index in [4.69, 9.17) is 24.5 Å². The second-order valence-corrected chi connectivity index (χ2v) is 7.51. The predicted octanol–water partition coefficient (Wildman–Crippen LogP) is 1.69. The highest BCUT2D eigenvalue weighted by Crippen LogP contribution is 2.39. The summed E-state index contributed by atoms with van der Waals surface area (Å²) in [6, 6.07) is 3.80. The Labute approximate surface area is 182 Å². The minimum absolute atomic E-state index is 0.166. The van der Waals surface area contributed by atoms with Crippen molar-refractivity contribution >= 4 is 40.2 Å². The number of fused-ring (bicyclic) bond motifs is 1. The minimum Gasteiger partial charge on any atom is -0.473 e. The minimum atomic E-state index is -1.82. The van der Waals surface area contributed by atoms with Crippen LogP contribution in [0.2, 0.25) is 0 Å². The van der Waals surface area contributed by atoms with Crippen LogP contribution < -0.4 is 10.6 Å². The second-order valence-electron chi connectivity index (χ2n) is 6.41. The number of thiophene rings is 1. The molecule has 11 heteroatoms. The van der Waals surface area contributed by atoms with Gasteiger partial charge in [0.05, 0.1) is 18.7 Å². The van der Waals surface area contributed by atoms with Gasteiger partial charge in [0.25, 0.3) is 0 Å². The van der Waals surface area contributed by atoms with Crippen molar-refractivity contribution in [1.29, 1.82) is 0 Å². The molecule has 3 rings (SSSR count). The van der Waals surface area contributed by atoms with Gasteiger partial charge in [0.15, 0.2) is 0 Å². The average molecular weight is 449 g/mol. The Bertz CT molecular complexity index is 932. The lowest BCUT2D eigenvalue weighted by atomic mass is 10.1. The standard InChI is InChI=1S/C18H21N3O3S.C2H2O4/c1-2-24-18(23)16-13-6-3-7-14(13)25-17(16)21-15(22)11-20-10-12-5-4-8-19-9-12;3-1(4)2(5)6/h4-5,8-9,20H,2-3,6-7,10-11H2,1H3,(H,21,22);(H,3,4)(H,5,6). The van der Waals surface area contributed by atoms with Crippen LogP contribution in [0, 0.1) is 0 Å². The van der Waals surface area contributed by atoms with Crippen molar-refractivity contribution in [2.45, 2.75) is 32.7 Å². The third kappa shape index (κ3) is 7.15. The van der Waals surface area contributed by atoms with E-state index in [1.165, 1.54) is 16.2 Å². The van der Waals surface area contributed by atoms with Crippen LogP contribution in [0.25, 0.3) is 0 Å². The molecule has 4 N–H and O–H groups in total. The highest BCUT2D eigenvalue weighted by atomic mass is 32.1.